The first kappa shape index (κ1) is 15.6. The van der Waals surface area contributed by atoms with Crippen molar-refractivity contribution in [2.45, 2.75) is 13.0 Å². The molecule has 0 saturated carbocycles. The second-order valence-electron chi connectivity index (χ2n) is 6.50. The van der Waals surface area contributed by atoms with Gasteiger partial charge in [0.15, 0.2) is 0 Å². The molecule has 4 aliphatic rings. The molecule has 1 aromatic carbocycles. The van der Waals surface area contributed by atoms with Crippen molar-refractivity contribution in [1.29, 1.82) is 0 Å². The molecule has 7 nitrogen and oxygen atoms in total. The van der Waals surface area contributed by atoms with Crippen LogP contribution in [0.3, 0.4) is 0 Å². The maximum absolute atomic E-state index is 12.9. The number of hydrogen-bond acceptors (Lipinski definition) is 5. The lowest BCUT2D eigenvalue weighted by atomic mass is 9.70. The molecule has 2 fully saturated rings. The Morgan fingerprint density at radius 3 is 2.24 bits per heavy atom. The summed E-state index contributed by atoms with van der Waals surface area (Å²) in [5, 5.41) is 0. The van der Waals surface area contributed by atoms with E-state index in [0.717, 1.165) is 4.90 Å². The SMILES string of the molecule is CC(=O)Oc1ccc(N2C(=O)[C@H]3[C@H](C2=O)[C@@H]2C=C[C@H]3C(=O)N2C)cc1. The maximum atomic E-state index is 12.9. The topological polar surface area (TPSA) is 84.0 Å². The fourth-order valence-corrected chi connectivity index (χ4v) is 3.99. The maximum Gasteiger partial charge on any atom is 0.308 e. The van der Waals surface area contributed by atoms with E-state index in [-0.39, 0.29) is 23.8 Å². The van der Waals surface area contributed by atoms with Gasteiger partial charge in [-0.3, -0.25) is 19.2 Å². The molecule has 5 rings (SSSR count). The molecule has 0 N–H and O–H groups in total. The van der Waals surface area contributed by atoms with Gasteiger partial charge in [-0.15, -0.1) is 0 Å². The van der Waals surface area contributed by atoms with E-state index in [2.05, 4.69) is 0 Å². The van der Waals surface area contributed by atoms with Crippen molar-refractivity contribution in [2.75, 3.05) is 11.9 Å². The highest BCUT2D eigenvalue weighted by molar-refractivity contribution is 6.24. The number of imide groups is 1. The number of likely N-dealkylation sites (N-methyl/N-ethyl adjacent to an activating group) is 1. The smallest absolute Gasteiger partial charge is 0.308 e. The third kappa shape index (κ3) is 2.12. The molecule has 2 saturated heterocycles. The van der Waals surface area contributed by atoms with E-state index in [0.29, 0.717) is 11.4 Å². The van der Waals surface area contributed by atoms with E-state index in [4.69, 9.17) is 4.74 Å². The fraction of sp³-hybridized carbons (Fsp3) is 0.333. The van der Waals surface area contributed by atoms with Gasteiger partial charge in [-0.25, -0.2) is 4.90 Å². The molecule has 7 heteroatoms. The van der Waals surface area contributed by atoms with Crippen LogP contribution in [0.2, 0.25) is 0 Å². The van der Waals surface area contributed by atoms with Gasteiger partial charge >= 0.3 is 5.97 Å². The average molecular weight is 340 g/mol. The summed E-state index contributed by atoms with van der Waals surface area (Å²) in [6, 6.07) is 5.80. The molecule has 0 unspecified atom stereocenters. The Hall–Kier alpha value is -2.96. The van der Waals surface area contributed by atoms with E-state index in [1.165, 1.54) is 19.1 Å². The highest BCUT2D eigenvalue weighted by Gasteiger charge is 2.61. The number of fused-ring (bicyclic) bond motifs is 1. The van der Waals surface area contributed by atoms with Crippen LogP contribution < -0.4 is 9.64 Å². The average Bonchev–Trinajstić information content (AvgIpc) is 2.85. The minimum absolute atomic E-state index is 0.123. The molecule has 2 bridgehead atoms. The van der Waals surface area contributed by atoms with Gasteiger partial charge in [0.2, 0.25) is 17.7 Å². The Labute approximate surface area is 143 Å². The molecule has 3 aliphatic heterocycles. The Morgan fingerprint density at radius 2 is 1.60 bits per heavy atom. The van der Waals surface area contributed by atoms with Crippen molar-refractivity contribution in [2.24, 2.45) is 17.8 Å². The summed E-state index contributed by atoms with van der Waals surface area (Å²) in [6.45, 7) is 1.29. The van der Waals surface area contributed by atoms with E-state index >= 15 is 0 Å². The van der Waals surface area contributed by atoms with E-state index in [9.17, 15) is 19.2 Å². The number of carbonyl (C=O) groups excluding carboxylic acids is 4. The summed E-state index contributed by atoms with van der Waals surface area (Å²) >= 11 is 0. The number of hydrogen-bond donors (Lipinski definition) is 0. The molecule has 0 aromatic heterocycles. The number of benzene rings is 1. The summed E-state index contributed by atoms with van der Waals surface area (Å²) < 4.78 is 4.96. The normalized spacial score (nSPS) is 30.1. The Balaban J connectivity index is 1.67. The summed E-state index contributed by atoms with van der Waals surface area (Å²) in [7, 11) is 1.66. The zero-order valence-electron chi connectivity index (χ0n) is 13.7. The van der Waals surface area contributed by atoms with Gasteiger partial charge < -0.3 is 9.64 Å². The lowest BCUT2D eigenvalue weighted by Gasteiger charge is -2.44. The van der Waals surface area contributed by atoms with Crippen molar-refractivity contribution >= 4 is 29.4 Å². The van der Waals surface area contributed by atoms with Crippen LogP contribution in [0.1, 0.15) is 6.92 Å². The molecule has 0 spiro atoms. The van der Waals surface area contributed by atoms with Gasteiger partial charge in [0.25, 0.3) is 0 Å². The summed E-state index contributed by atoms with van der Waals surface area (Å²) in [5.41, 5.74) is 0.412. The van der Waals surface area contributed by atoms with Crippen molar-refractivity contribution in [3.8, 4) is 5.75 Å². The first-order chi connectivity index (χ1) is 11.9. The number of ether oxygens (including phenoxy) is 1. The lowest BCUT2D eigenvalue weighted by molar-refractivity contribution is -0.148. The number of carbonyl (C=O) groups is 4. The molecular formula is C18H16N2O5. The van der Waals surface area contributed by atoms with Gasteiger partial charge in [0.05, 0.1) is 29.5 Å². The lowest BCUT2D eigenvalue weighted by Crippen LogP contribution is -2.57. The van der Waals surface area contributed by atoms with Gasteiger partial charge in [-0.1, -0.05) is 12.2 Å². The van der Waals surface area contributed by atoms with Crippen LogP contribution >= 0.6 is 0 Å². The van der Waals surface area contributed by atoms with Crippen LogP contribution in [0.4, 0.5) is 5.69 Å². The first-order valence-electron chi connectivity index (χ1n) is 8.01. The van der Waals surface area contributed by atoms with Crippen LogP contribution in [-0.2, 0) is 19.2 Å². The quantitative estimate of drug-likeness (QED) is 0.343. The predicted octanol–water partition coefficient (Wildman–Crippen LogP) is 0.744. The van der Waals surface area contributed by atoms with E-state index < -0.39 is 23.7 Å². The highest BCUT2D eigenvalue weighted by atomic mass is 16.5. The Morgan fingerprint density at radius 1 is 0.960 bits per heavy atom. The summed E-state index contributed by atoms with van der Waals surface area (Å²) in [5.74, 6) is -2.65. The minimum Gasteiger partial charge on any atom is -0.427 e. The third-order valence-electron chi connectivity index (χ3n) is 5.10. The standard InChI is InChI=1S/C18H16N2O5/c1-9(21)25-11-5-3-10(4-6-11)20-17(23)14-12-7-8-13(15(14)18(20)24)19(2)16(12)22/h3-8,12-15H,1-2H3/t12-,13+,14-,15-/m1/s1. The van der Waals surface area contributed by atoms with Gasteiger partial charge in [-0.2, -0.15) is 0 Å². The third-order valence-corrected chi connectivity index (χ3v) is 5.10. The molecule has 1 aromatic rings. The number of amides is 3. The molecule has 3 heterocycles. The number of piperidine rings is 1. The number of rotatable bonds is 2. The second-order valence-corrected chi connectivity index (χ2v) is 6.50. The molecule has 3 amide bonds. The number of esters is 1. The molecule has 128 valence electrons. The van der Waals surface area contributed by atoms with Crippen LogP contribution in [0.15, 0.2) is 36.4 Å². The van der Waals surface area contributed by atoms with Crippen molar-refractivity contribution < 1.29 is 23.9 Å². The predicted molar refractivity (Wildman–Crippen MR) is 86.4 cm³/mol. The fourth-order valence-electron chi connectivity index (χ4n) is 3.99. The van der Waals surface area contributed by atoms with Crippen LogP contribution in [0, 0.1) is 17.8 Å². The summed E-state index contributed by atoms with van der Waals surface area (Å²) in [6.07, 6.45) is 3.58. The Bertz CT molecular complexity index is 828. The van der Waals surface area contributed by atoms with Crippen molar-refractivity contribution in [1.82, 2.24) is 4.90 Å². The zero-order chi connectivity index (χ0) is 17.9. The van der Waals surface area contributed by atoms with Gasteiger partial charge in [0.1, 0.15) is 5.75 Å². The van der Waals surface area contributed by atoms with Gasteiger partial charge in [0, 0.05) is 14.0 Å². The molecule has 1 aliphatic carbocycles. The molecule has 25 heavy (non-hydrogen) atoms. The Kier molecular flexibility index (Phi) is 3.28. The van der Waals surface area contributed by atoms with E-state index in [1.54, 1.807) is 30.2 Å². The highest BCUT2D eigenvalue weighted by Crippen LogP contribution is 2.46. The first-order valence-corrected chi connectivity index (χ1v) is 8.01. The molecular weight excluding hydrogens is 324 g/mol. The van der Waals surface area contributed by atoms with Crippen LogP contribution in [0.25, 0.3) is 0 Å². The zero-order valence-corrected chi connectivity index (χ0v) is 13.7. The molecule has 0 radical (unpaired) electrons. The van der Waals surface area contributed by atoms with Crippen molar-refractivity contribution in [3.63, 3.8) is 0 Å². The van der Waals surface area contributed by atoms with Crippen LogP contribution in [-0.4, -0.2) is 41.7 Å². The monoisotopic (exact) mass is 340 g/mol. The summed E-state index contributed by atoms with van der Waals surface area (Å²) in [4.78, 5) is 51.8. The minimum atomic E-state index is -0.639. The van der Waals surface area contributed by atoms with Crippen LogP contribution in [0.5, 0.6) is 5.75 Å². The van der Waals surface area contributed by atoms with Gasteiger partial charge in [-0.05, 0) is 24.3 Å². The second kappa shape index (κ2) is 5.27. The molecule has 4 atom stereocenters. The largest absolute Gasteiger partial charge is 0.427 e. The number of anilines is 1. The van der Waals surface area contributed by atoms with E-state index in [1.807, 2.05) is 6.08 Å². The number of nitrogens with zero attached hydrogens (tertiary/aromatic N) is 2. The van der Waals surface area contributed by atoms with Crippen molar-refractivity contribution in [3.05, 3.63) is 36.4 Å².